The molecule has 1 aromatic heterocycles. The van der Waals surface area contributed by atoms with Crippen molar-refractivity contribution in [3.63, 3.8) is 0 Å². The van der Waals surface area contributed by atoms with Crippen molar-refractivity contribution in [2.75, 3.05) is 13.6 Å². The first kappa shape index (κ1) is 31.4. The SMILES string of the molecule is C=CC.CCN=C(C)/C(C(=NC)c1cc(Oc2ccccc2)co1)=C(\C)Cl.CC[C@@H](C)C1CCCC1. The predicted molar refractivity (Wildman–Crippen MR) is 157 cm³/mol. The van der Waals surface area contributed by atoms with Gasteiger partial charge in [-0.15, -0.1) is 6.58 Å². The quantitative estimate of drug-likeness (QED) is 0.261. The van der Waals surface area contributed by atoms with Crippen LogP contribution in [0.5, 0.6) is 11.5 Å². The lowest BCUT2D eigenvalue weighted by Crippen LogP contribution is -2.13. The highest BCUT2D eigenvalue weighted by atomic mass is 35.5. The second kappa shape index (κ2) is 17.8. The van der Waals surface area contributed by atoms with Gasteiger partial charge in [-0.2, -0.15) is 0 Å². The Balaban J connectivity index is 0.000000446. The molecule has 0 amide bonds. The van der Waals surface area contributed by atoms with Gasteiger partial charge in [0.1, 0.15) is 17.7 Å². The van der Waals surface area contributed by atoms with E-state index in [1.54, 1.807) is 25.5 Å². The summed E-state index contributed by atoms with van der Waals surface area (Å²) in [4.78, 5) is 8.78. The minimum atomic E-state index is 0.587. The van der Waals surface area contributed by atoms with Gasteiger partial charge < -0.3 is 9.15 Å². The number of hydrogen-bond donors (Lipinski definition) is 0. The van der Waals surface area contributed by atoms with Crippen LogP contribution in [-0.2, 0) is 0 Å². The van der Waals surface area contributed by atoms with Crippen LogP contribution in [0.2, 0.25) is 0 Å². The molecule has 0 radical (unpaired) electrons. The number of halogens is 1. The molecular formula is C31H45ClN2O2. The van der Waals surface area contributed by atoms with Crippen molar-refractivity contribution in [1.29, 1.82) is 0 Å². The topological polar surface area (TPSA) is 47.1 Å². The van der Waals surface area contributed by atoms with Gasteiger partial charge in [0.25, 0.3) is 0 Å². The first-order valence-electron chi connectivity index (χ1n) is 13.1. The third-order valence-corrected chi connectivity index (χ3v) is 6.39. The molecule has 0 aliphatic heterocycles. The number of nitrogens with zero attached hydrogens (tertiary/aromatic N) is 2. The molecule has 1 heterocycles. The second-order valence-corrected chi connectivity index (χ2v) is 9.51. The largest absolute Gasteiger partial charge is 0.459 e. The molecule has 1 aromatic carbocycles. The molecule has 0 N–H and O–H groups in total. The fourth-order valence-corrected chi connectivity index (χ4v) is 4.45. The number of benzene rings is 1. The average Bonchev–Trinajstić information content (AvgIpc) is 3.56. The second-order valence-electron chi connectivity index (χ2n) is 8.94. The molecule has 0 spiro atoms. The highest BCUT2D eigenvalue weighted by molar-refractivity contribution is 6.39. The van der Waals surface area contributed by atoms with Crippen LogP contribution in [0, 0.1) is 11.8 Å². The van der Waals surface area contributed by atoms with Crippen LogP contribution < -0.4 is 4.74 Å². The number of para-hydroxylation sites is 1. The fraction of sp³-hybridized carbons (Fsp3) is 0.484. The van der Waals surface area contributed by atoms with E-state index in [4.69, 9.17) is 20.8 Å². The van der Waals surface area contributed by atoms with Gasteiger partial charge in [0.05, 0.1) is 0 Å². The summed E-state index contributed by atoms with van der Waals surface area (Å²) in [6, 6.07) is 11.3. The maximum atomic E-state index is 6.28. The minimum Gasteiger partial charge on any atom is -0.459 e. The van der Waals surface area contributed by atoms with Gasteiger partial charge in [0.15, 0.2) is 11.5 Å². The van der Waals surface area contributed by atoms with Crippen molar-refractivity contribution in [3.05, 3.63) is 71.7 Å². The molecule has 4 nitrogen and oxygen atoms in total. The molecule has 0 bridgehead atoms. The number of allylic oxidation sites excluding steroid dienone is 3. The van der Waals surface area contributed by atoms with Gasteiger partial charge in [0, 0.05) is 36.0 Å². The van der Waals surface area contributed by atoms with Gasteiger partial charge in [-0.05, 0) is 51.7 Å². The highest BCUT2D eigenvalue weighted by Gasteiger charge is 2.20. The number of aliphatic imine (C=N–C) groups is 2. The number of hydrogen-bond acceptors (Lipinski definition) is 4. The average molecular weight is 513 g/mol. The molecule has 3 rings (SSSR count). The zero-order valence-electron chi connectivity index (χ0n) is 23.3. The molecule has 1 fully saturated rings. The van der Waals surface area contributed by atoms with Gasteiger partial charge in [0.2, 0.25) is 0 Å². The van der Waals surface area contributed by atoms with Gasteiger partial charge in [-0.1, -0.05) is 81.8 Å². The van der Waals surface area contributed by atoms with E-state index in [-0.39, 0.29) is 0 Å². The van der Waals surface area contributed by atoms with E-state index in [2.05, 4.69) is 30.4 Å². The molecule has 0 saturated heterocycles. The smallest absolute Gasteiger partial charge is 0.166 e. The first-order valence-corrected chi connectivity index (χ1v) is 13.4. The zero-order chi connectivity index (χ0) is 26.9. The number of rotatable bonds is 8. The van der Waals surface area contributed by atoms with Crippen molar-refractivity contribution in [1.82, 2.24) is 0 Å². The summed E-state index contributed by atoms with van der Waals surface area (Å²) in [5.74, 6) is 4.01. The summed E-state index contributed by atoms with van der Waals surface area (Å²) >= 11 is 6.28. The predicted octanol–water partition coefficient (Wildman–Crippen LogP) is 9.90. The van der Waals surface area contributed by atoms with E-state index in [0.29, 0.717) is 28.8 Å². The van der Waals surface area contributed by atoms with Gasteiger partial charge in [-0.3, -0.25) is 9.98 Å². The third kappa shape index (κ3) is 10.6. The van der Waals surface area contributed by atoms with Crippen LogP contribution in [-0.4, -0.2) is 25.0 Å². The third-order valence-electron chi connectivity index (χ3n) is 6.20. The van der Waals surface area contributed by atoms with Crippen LogP contribution in [0.3, 0.4) is 0 Å². The Hall–Kier alpha value is -2.59. The van der Waals surface area contributed by atoms with Crippen molar-refractivity contribution in [2.45, 2.75) is 73.6 Å². The van der Waals surface area contributed by atoms with Crippen LogP contribution >= 0.6 is 11.6 Å². The molecule has 1 aliphatic carbocycles. The molecule has 5 heteroatoms. The fourth-order valence-electron chi connectivity index (χ4n) is 4.23. The Kier molecular flexibility index (Phi) is 15.5. The Morgan fingerprint density at radius 3 is 2.28 bits per heavy atom. The number of furan rings is 1. The molecule has 0 unspecified atom stereocenters. The van der Waals surface area contributed by atoms with Gasteiger partial charge >= 0.3 is 0 Å². The minimum absolute atomic E-state index is 0.587. The van der Waals surface area contributed by atoms with Gasteiger partial charge in [-0.25, -0.2) is 0 Å². The monoisotopic (exact) mass is 512 g/mol. The summed E-state index contributed by atoms with van der Waals surface area (Å²) < 4.78 is 11.4. The van der Waals surface area contributed by atoms with Crippen molar-refractivity contribution < 1.29 is 9.15 Å². The molecule has 1 saturated carbocycles. The van der Waals surface area contributed by atoms with E-state index in [9.17, 15) is 0 Å². The number of ether oxygens (including phenoxy) is 1. The molecular weight excluding hydrogens is 468 g/mol. The lowest BCUT2D eigenvalue weighted by Gasteiger charge is -2.15. The Bertz CT molecular complexity index is 979. The summed E-state index contributed by atoms with van der Waals surface area (Å²) in [7, 11) is 1.70. The van der Waals surface area contributed by atoms with E-state index in [1.165, 1.54) is 32.1 Å². The molecule has 198 valence electrons. The zero-order valence-corrected chi connectivity index (χ0v) is 24.1. The summed E-state index contributed by atoms with van der Waals surface area (Å²) in [6.07, 6.45) is 10.7. The lowest BCUT2D eigenvalue weighted by molar-refractivity contribution is 0.357. The standard InChI is InChI=1S/C19H21ClN2O2.C9H18.C3H6/c1-5-22-14(3)18(13(2)20)19(21-4)17-11-16(12-23-17)24-15-9-7-6-8-10-15;1-3-8(2)9-6-4-5-7-9;1-3-2/h6-12H,5H2,1-4H3;8-9H,3-7H2,1-2H3;3H,1H2,2H3/b18-13-,21-19?,22-14?;;/t;8-;/m.1./s1. The molecule has 2 aromatic rings. The highest BCUT2D eigenvalue weighted by Crippen LogP contribution is 2.32. The maximum Gasteiger partial charge on any atom is 0.166 e. The summed E-state index contributed by atoms with van der Waals surface area (Å²) in [5, 5.41) is 0.618. The Labute approximate surface area is 224 Å². The van der Waals surface area contributed by atoms with E-state index < -0.39 is 0 Å². The van der Waals surface area contributed by atoms with E-state index in [1.807, 2.05) is 58.0 Å². The van der Waals surface area contributed by atoms with Crippen molar-refractivity contribution in [2.24, 2.45) is 21.8 Å². The van der Waals surface area contributed by atoms with Crippen molar-refractivity contribution >= 4 is 23.0 Å². The van der Waals surface area contributed by atoms with E-state index >= 15 is 0 Å². The molecule has 1 atom stereocenters. The Morgan fingerprint density at radius 1 is 1.17 bits per heavy atom. The summed E-state index contributed by atoms with van der Waals surface area (Å²) in [6.45, 7) is 16.4. The van der Waals surface area contributed by atoms with Crippen molar-refractivity contribution in [3.8, 4) is 11.5 Å². The lowest BCUT2D eigenvalue weighted by atomic mass is 9.91. The van der Waals surface area contributed by atoms with Crippen LogP contribution in [0.25, 0.3) is 0 Å². The Morgan fingerprint density at radius 2 is 1.78 bits per heavy atom. The maximum absolute atomic E-state index is 6.28. The first-order chi connectivity index (χ1) is 17.3. The molecule has 36 heavy (non-hydrogen) atoms. The van der Waals surface area contributed by atoms with Crippen LogP contribution in [0.1, 0.15) is 79.4 Å². The normalized spacial score (nSPS) is 15.7. The summed E-state index contributed by atoms with van der Waals surface area (Å²) in [5.41, 5.74) is 2.26. The van der Waals surface area contributed by atoms with Crippen LogP contribution in [0.4, 0.5) is 0 Å². The van der Waals surface area contributed by atoms with Crippen LogP contribution in [0.15, 0.2) is 80.3 Å². The van der Waals surface area contributed by atoms with E-state index in [0.717, 1.165) is 28.9 Å². The molecule has 1 aliphatic rings.